The minimum Gasteiger partial charge on any atom is -0.354 e. The minimum atomic E-state index is -0.104. The van der Waals surface area contributed by atoms with E-state index in [1.165, 1.54) is 28.6 Å². The molecule has 1 unspecified atom stereocenters. The number of nitrogens with zero attached hydrogens (tertiary/aromatic N) is 3. The smallest absolute Gasteiger partial charge is 0.261 e. The largest absolute Gasteiger partial charge is 0.354 e. The van der Waals surface area contributed by atoms with Crippen LogP contribution in [0, 0.1) is 5.92 Å². The summed E-state index contributed by atoms with van der Waals surface area (Å²) < 4.78 is 1.52. The van der Waals surface area contributed by atoms with E-state index < -0.39 is 0 Å². The molecule has 0 radical (unpaired) electrons. The Bertz CT molecular complexity index is 1040. The lowest BCUT2D eigenvalue weighted by molar-refractivity contribution is -0.121. The molecule has 1 amide bonds. The molecule has 6 nitrogen and oxygen atoms in total. The van der Waals surface area contributed by atoms with Crippen LogP contribution < -0.4 is 10.9 Å². The zero-order valence-electron chi connectivity index (χ0n) is 17.3. The van der Waals surface area contributed by atoms with Gasteiger partial charge in [-0.3, -0.25) is 19.1 Å². The Hall–Kier alpha value is -2.51. The quantitative estimate of drug-likeness (QED) is 0.631. The second kappa shape index (κ2) is 9.53. The van der Waals surface area contributed by atoms with Gasteiger partial charge in [0.25, 0.3) is 5.56 Å². The zero-order chi connectivity index (χ0) is 20.9. The average Bonchev–Trinajstić information content (AvgIpc) is 3.29. The third-order valence-electron chi connectivity index (χ3n) is 5.93. The van der Waals surface area contributed by atoms with Gasteiger partial charge in [-0.1, -0.05) is 25.1 Å². The van der Waals surface area contributed by atoms with Gasteiger partial charge < -0.3 is 5.32 Å². The first-order valence-electron chi connectivity index (χ1n) is 10.6. The first-order chi connectivity index (χ1) is 14.6. The van der Waals surface area contributed by atoms with E-state index in [1.807, 2.05) is 18.2 Å². The molecule has 0 saturated carbocycles. The third-order valence-corrected chi connectivity index (χ3v) is 6.91. The third kappa shape index (κ3) is 4.79. The number of nitrogens with one attached hydrogen (secondary N) is 1. The number of carbonyl (C=O) groups is 1. The Balaban J connectivity index is 1.36. The summed E-state index contributed by atoms with van der Waals surface area (Å²) >= 11 is 1.74. The van der Waals surface area contributed by atoms with Crippen LogP contribution in [0.25, 0.3) is 10.9 Å². The Labute approximate surface area is 180 Å². The van der Waals surface area contributed by atoms with Crippen LogP contribution in [0.15, 0.2) is 52.9 Å². The number of carbonyl (C=O) groups excluding carboxylic acids is 1. The second-order valence-corrected chi connectivity index (χ2v) is 9.04. The fourth-order valence-electron chi connectivity index (χ4n) is 4.02. The number of hydrogen-bond acceptors (Lipinski definition) is 5. The van der Waals surface area contributed by atoms with Crippen LogP contribution in [-0.2, 0) is 11.3 Å². The van der Waals surface area contributed by atoms with Gasteiger partial charge in [-0.15, -0.1) is 11.3 Å². The average molecular weight is 425 g/mol. The van der Waals surface area contributed by atoms with Crippen molar-refractivity contribution in [1.29, 1.82) is 0 Å². The van der Waals surface area contributed by atoms with Crippen LogP contribution in [0.2, 0.25) is 0 Å². The summed E-state index contributed by atoms with van der Waals surface area (Å²) in [5, 5.41) is 5.77. The van der Waals surface area contributed by atoms with E-state index in [4.69, 9.17) is 0 Å². The molecule has 0 bridgehead atoms. The Kier molecular flexibility index (Phi) is 6.59. The molecule has 1 aliphatic heterocycles. The molecule has 30 heavy (non-hydrogen) atoms. The first-order valence-corrected chi connectivity index (χ1v) is 11.5. The van der Waals surface area contributed by atoms with Crippen molar-refractivity contribution in [2.24, 2.45) is 5.92 Å². The zero-order valence-corrected chi connectivity index (χ0v) is 18.1. The molecular weight excluding hydrogens is 396 g/mol. The van der Waals surface area contributed by atoms with Gasteiger partial charge in [-0.25, -0.2) is 4.98 Å². The maximum absolute atomic E-state index is 12.6. The van der Waals surface area contributed by atoms with Crippen molar-refractivity contribution in [2.75, 3.05) is 19.6 Å². The number of para-hydroxylation sites is 1. The van der Waals surface area contributed by atoms with Gasteiger partial charge in [0, 0.05) is 24.4 Å². The first kappa shape index (κ1) is 20.8. The van der Waals surface area contributed by atoms with Gasteiger partial charge in [0.1, 0.15) is 0 Å². The molecule has 158 valence electrons. The van der Waals surface area contributed by atoms with Gasteiger partial charge in [-0.05, 0) is 55.4 Å². The topological polar surface area (TPSA) is 67.2 Å². The number of rotatable bonds is 7. The molecule has 1 aliphatic rings. The lowest BCUT2D eigenvalue weighted by atomic mass is 9.97. The molecule has 3 aromatic rings. The van der Waals surface area contributed by atoms with E-state index in [9.17, 15) is 9.59 Å². The van der Waals surface area contributed by atoms with Crippen LogP contribution in [0.1, 0.15) is 37.1 Å². The summed E-state index contributed by atoms with van der Waals surface area (Å²) in [6.07, 6.45) is 4.19. The van der Waals surface area contributed by atoms with E-state index in [0.717, 1.165) is 19.0 Å². The molecule has 1 atom stereocenters. The number of likely N-dealkylation sites (tertiary alicyclic amines) is 1. The minimum absolute atomic E-state index is 0.0398. The second-order valence-electron chi connectivity index (χ2n) is 8.06. The van der Waals surface area contributed by atoms with Gasteiger partial charge in [0.2, 0.25) is 5.91 Å². The highest BCUT2D eigenvalue weighted by molar-refractivity contribution is 7.10. The van der Waals surface area contributed by atoms with Crippen molar-refractivity contribution in [3.8, 4) is 0 Å². The number of aryl methyl sites for hydroxylation is 1. The molecule has 3 heterocycles. The van der Waals surface area contributed by atoms with Crippen LogP contribution in [-0.4, -0.2) is 40.0 Å². The van der Waals surface area contributed by atoms with E-state index in [0.29, 0.717) is 24.0 Å². The summed E-state index contributed by atoms with van der Waals surface area (Å²) in [6.45, 7) is 5.37. The Morgan fingerprint density at radius 2 is 2.03 bits per heavy atom. The molecular formula is C23H28N4O2S. The molecule has 1 saturated heterocycles. The molecule has 1 fully saturated rings. The molecule has 1 aromatic carbocycles. The van der Waals surface area contributed by atoms with Gasteiger partial charge >= 0.3 is 0 Å². The van der Waals surface area contributed by atoms with E-state index >= 15 is 0 Å². The standard InChI is InChI=1S/C23H28N4O2S/c1-17-8-11-26(12-9-17)20(21-7-4-14-30-21)15-24-22(28)10-13-27-16-25-19-6-3-2-5-18(19)23(27)29/h2-7,14,16-17,20H,8-13,15H2,1H3,(H,24,28). The van der Waals surface area contributed by atoms with Crippen molar-refractivity contribution in [1.82, 2.24) is 19.8 Å². The fourth-order valence-corrected chi connectivity index (χ4v) is 4.88. The number of fused-ring (bicyclic) bond motifs is 1. The van der Waals surface area contributed by atoms with Crippen molar-refractivity contribution in [2.45, 2.75) is 38.8 Å². The molecule has 1 N–H and O–H groups in total. The van der Waals surface area contributed by atoms with Crippen LogP contribution >= 0.6 is 11.3 Å². The maximum atomic E-state index is 12.6. The normalized spacial score (nSPS) is 16.6. The summed E-state index contributed by atoms with van der Waals surface area (Å²) in [5.41, 5.74) is 0.574. The highest BCUT2D eigenvalue weighted by atomic mass is 32.1. The summed E-state index contributed by atoms with van der Waals surface area (Å²) in [7, 11) is 0. The van der Waals surface area contributed by atoms with Gasteiger partial charge in [-0.2, -0.15) is 0 Å². The van der Waals surface area contributed by atoms with Gasteiger partial charge in [0.05, 0.1) is 23.3 Å². The predicted molar refractivity (Wildman–Crippen MR) is 121 cm³/mol. The number of thiophene rings is 1. The van der Waals surface area contributed by atoms with Crippen molar-refractivity contribution >= 4 is 28.1 Å². The van der Waals surface area contributed by atoms with E-state index in [2.05, 4.69) is 39.6 Å². The number of aromatic nitrogens is 2. The summed E-state index contributed by atoms with van der Waals surface area (Å²) in [5.74, 6) is 0.732. The highest BCUT2D eigenvalue weighted by Gasteiger charge is 2.25. The molecule has 2 aromatic heterocycles. The number of hydrogen-bond donors (Lipinski definition) is 1. The van der Waals surface area contributed by atoms with Crippen LogP contribution in [0.5, 0.6) is 0 Å². The molecule has 4 rings (SSSR count). The number of benzene rings is 1. The monoisotopic (exact) mass is 424 g/mol. The number of amides is 1. The lowest BCUT2D eigenvalue weighted by Gasteiger charge is -2.36. The molecule has 7 heteroatoms. The van der Waals surface area contributed by atoms with Crippen molar-refractivity contribution < 1.29 is 4.79 Å². The van der Waals surface area contributed by atoms with Crippen molar-refractivity contribution in [3.05, 3.63) is 63.3 Å². The summed E-state index contributed by atoms with van der Waals surface area (Å²) in [4.78, 5) is 33.2. The predicted octanol–water partition coefficient (Wildman–Crippen LogP) is 3.44. The highest BCUT2D eigenvalue weighted by Crippen LogP contribution is 2.29. The van der Waals surface area contributed by atoms with Crippen LogP contribution in [0.4, 0.5) is 0 Å². The van der Waals surface area contributed by atoms with Gasteiger partial charge in [0.15, 0.2) is 0 Å². The van der Waals surface area contributed by atoms with Crippen molar-refractivity contribution in [3.63, 3.8) is 0 Å². The molecule has 0 spiro atoms. The maximum Gasteiger partial charge on any atom is 0.261 e. The Morgan fingerprint density at radius 1 is 1.23 bits per heavy atom. The SMILES string of the molecule is CC1CCN(C(CNC(=O)CCn2cnc3ccccc3c2=O)c2cccs2)CC1. The fraction of sp³-hybridized carbons (Fsp3) is 0.435. The lowest BCUT2D eigenvalue weighted by Crippen LogP contribution is -2.41. The van der Waals surface area contributed by atoms with E-state index in [-0.39, 0.29) is 23.9 Å². The Morgan fingerprint density at radius 3 is 2.80 bits per heavy atom. The summed E-state index contributed by atoms with van der Waals surface area (Å²) in [6, 6.07) is 11.7. The number of piperidine rings is 1. The molecule has 0 aliphatic carbocycles. The van der Waals surface area contributed by atoms with E-state index in [1.54, 1.807) is 17.4 Å². The van der Waals surface area contributed by atoms with Crippen LogP contribution in [0.3, 0.4) is 0 Å².